The van der Waals surface area contributed by atoms with Gasteiger partial charge in [-0.05, 0) is 48.9 Å². The maximum absolute atomic E-state index is 12.4. The quantitative estimate of drug-likeness (QED) is 0.182. The Morgan fingerprint density at radius 2 is 1.85 bits per heavy atom. The minimum absolute atomic E-state index is 0.0412. The minimum Gasteiger partial charge on any atom is -0.504 e. The highest BCUT2D eigenvalue weighted by atomic mass is 35.5. The number of nitrogens with two attached hydrogens (primary N) is 1. The van der Waals surface area contributed by atoms with E-state index in [9.17, 15) is 15.0 Å². The number of carbonyl (C=O) groups is 1. The van der Waals surface area contributed by atoms with Gasteiger partial charge in [0.25, 0.3) is 0 Å². The number of carbonyl (C=O) groups excluding carboxylic acids is 1. The van der Waals surface area contributed by atoms with Gasteiger partial charge in [-0.3, -0.25) is 5.84 Å². The second-order valence-corrected chi connectivity index (χ2v) is 6.35. The van der Waals surface area contributed by atoms with Crippen LogP contribution in [0.1, 0.15) is 12.5 Å². The number of phenolic OH excluding ortho intramolecular Hbond substituents is 2. The van der Waals surface area contributed by atoms with Crippen LogP contribution in [0.2, 0.25) is 5.02 Å². The predicted molar refractivity (Wildman–Crippen MR) is 97.1 cm³/mol. The van der Waals surface area contributed by atoms with E-state index in [1.807, 2.05) is 0 Å². The molecule has 5 N–H and O–H groups in total. The average molecular weight is 381 g/mol. The third-order valence-corrected chi connectivity index (χ3v) is 4.02. The Kier molecular flexibility index (Phi) is 6.68. The van der Waals surface area contributed by atoms with Gasteiger partial charge >= 0.3 is 5.97 Å². The fourth-order valence-electron chi connectivity index (χ4n) is 2.25. The molecule has 2 rings (SSSR count). The molecule has 0 bridgehead atoms. The summed E-state index contributed by atoms with van der Waals surface area (Å²) >= 11 is 5.79. The van der Waals surface area contributed by atoms with Crippen LogP contribution in [0.3, 0.4) is 0 Å². The summed E-state index contributed by atoms with van der Waals surface area (Å²) in [6, 6.07) is 11.1. The molecule has 2 aromatic carbocycles. The Morgan fingerprint density at radius 3 is 2.46 bits per heavy atom. The van der Waals surface area contributed by atoms with E-state index in [4.69, 9.17) is 26.9 Å². The predicted octanol–water partition coefficient (Wildman–Crippen LogP) is 2.14. The number of hydrogen-bond acceptors (Lipinski definition) is 7. The molecule has 0 aliphatic heterocycles. The molecule has 0 aliphatic carbocycles. The summed E-state index contributed by atoms with van der Waals surface area (Å²) in [5, 5.41) is 19.5. The molecule has 1 atom stereocenters. The molecule has 0 aromatic heterocycles. The number of benzene rings is 2. The fourth-order valence-corrected chi connectivity index (χ4v) is 2.38. The van der Waals surface area contributed by atoms with E-state index < -0.39 is 11.5 Å². The van der Waals surface area contributed by atoms with Gasteiger partial charge < -0.3 is 19.7 Å². The highest BCUT2D eigenvalue weighted by molar-refractivity contribution is 6.30. The van der Waals surface area contributed by atoms with Crippen LogP contribution >= 0.6 is 11.6 Å². The van der Waals surface area contributed by atoms with Crippen molar-refractivity contribution in [2.75, 3.05) is 13.2 Å². The Bertz CT molecular complexity index is 754. The van der Waals surface area contributed by atoms with Crippen molar-refractivity contribution in [1.82, 2.24) is 5.43 Å². The van der Waals surface area contributed by atoms with Gasteiger partial charge in [-0.2, -0.15) is 0 Å². The van der Waals surface area contributed by atoms with Crippen LogP contribution < -0.4 is 16.0 Å². The normalized spacial score (nSPS) is 13.0. The highest BCUT2D eigenvalue weighted by Gasteiger charge is 2.34. The first-order valence-corrected chi connectivity index (χ1v) is 8.26. The third kappa shape index (κ3) is 5.26. The zero-order chi connectivity index (χ0) is 19.2. The summed E-state index contributed by atoms with van der Waals surface area (Å²) in [5.74, 6) is 5.07. The summed E-state index contributed by atoms with van der Waals surface area (Å²) in [4.78, 5) is 12.4. The number of rotatable bonds is 8. The zero-order valence-electron chi connectivity index (χ0n) is 14.2. The first-order chi connectivity index (χ1) is 12.3. The van der Waals surface area contributed by atoms with Crippen LogP contribution in [0.25, 0.3) is 0 Å². The van der Waals surface area contributed by atoms with Gasteiger partial charge in [-0.25, -0.2) is 10.2 Å². The number of nitrogens with one attached hydrogen (secondary N) is 1. The molecule has 0 amide bonds. The van der Waals surface area contributed by atoms with Gasteiger partial charge in [0.15, 0.2) is 11.5 Å². The second-order valence-electron chi connectivity index (χ2n) is 5.91. The molecule has 0 radical (unpaired) electrons. The van der Waals surface area contributed by atoms with Crippen LogP contribution in [0.4, 0.5) is 0 Å². The molecule has 0 heterocycles. The average Bonchev–Trinajstić information content (AvgIpc) is 2.63. The second kappa shape index (κ2) is 8.75. The highest BCUT2D eigenvalue weighted by Crippen LogP contribution is 2.27. The molecule has 140 valence electrons. The van der Waals surface area contributed by atoms with Crippen molar-refractivity contribution in [3.8, 4) is 17.2 Å². The van der Waals surface area contributed by atoms with E-state index in [2.05, 4.69) is 5.43 Å². The van der Waals surface area contributed by atoms with Crippen molar-refractivity contribution in [3.05, 3.63) is 53.1 Å². The van der Waals surface area contributed by atoms with E-state index in [1.54, 1.807) is 37.3 Å². The molecule has 1 unspecified atom stereocenters. The number of aromatic hydroxyl groups is 2. The fraction of sp³-hybridized carbons (Fsp3) is 0.278. The topological polar surface area (TPSA) is 114 Å². The van der Waals surface area contributed by atoms with Crippen LogP contribution in [-0.4, -0.2) is 34.9 Å². The molecule has 0 saturated heterocycles. The maximum Gasteiger partial charge on any atom is 0.327 e. The minimum atomic E-state index is -1.20. The first-order valence-electron chi connectivity index (χ1n) is 7.88. The van der Waals surface area contributed by atoms with Crippen molar-refractivity contribution < 1.29 is 24.5 Å². The summed E-state index contributed by atoms with van der Waals surface area (Å²) < 4.78 is 10.7. The Hall–Kier alpha value is -2.48. The van der Waals surface area contributed by atoms with Crippen LogP contribution in [-0.2, 0) is 16.0 Å². The van der Waals surface area contributed by atoms with Crippen molar-refractivity contribution in [2.45, 2.75) is 18.9 Å². The smallest absolute Gasteiger partial charge is 0.327 e. The van der Waals surface area contributed by atoms with Crippen LogP contribution in [0.5, 0.6) is 17.2 Å². The van der Waals surface area contributed by atoms with E-state index in [0.717, 1.165) is 0 Å². The molecule has 8 heteroatoms. The van der Waals surface area contributed by atoms with Crippen LogP contribution in [0.15, 0.2) is 42.5 Å². The van der Waals surface area contributed by atoms with E-state index in [0.29, 0.717) is 16.3 Å². The van der Waals surface area contributed by atoms with Crippen molar-refractivity contribution in [3.63, 3.8) is 0 Å². The van der Waals surface area contributed by atoms with Crippen molar-refractivity contribution in [2.24, 2.45) is 5.84 Å². The third-order valence-electron chi connectivity index (χ3n) is 3.77. The molecular formula is C18H21ClN2O5. The Balaban J connectivity index is 1.87. The molecule has 0 spiro atoms. The van der Waals surface area contributed by atoms with Gasteiger partial charge in [-0.1, -0.05) is 17.7 Å². The molecule has 0 saturated carbocycles. The van der Waals surface area contributed by atoms with E-state index in [1.165, 1.54) is 12.1 Å². The number of ether oxygens (including phenoxy) is 2. The SMILES string of the molecule is CC(Cc1ccc(O)c(O)c1)(NN)C(=O)OCCOc1ccc(Cl)cc1. The zero-order valence-corrected chi connectivity index (χ0v) is 15.0. The molecule has 0 aliphatic rings. The summed E-state index contributed by atoms with van der Waals surface area (Å²) in [5.41, 5.74) is 1.85. The summed E-state index contributed by atoms with van der Waals surface area (Å²) in [7, 11) is 0. The van der Waals surface area contributed by atoms with Gasteiger partial charge in [0.05, 0.1) is 0 Å². The van der Waals surface area contributed by atoms with Gasteiger partial charge in [0, 0.05) is 11.4 Å². The number of esters is 1. The van der Waals surface area contributed by atoms with Crippen molar-refractivity contribution in [1.29, 1.82) is 0 Å². The lowest BCUT2D eigenvalue weighted by Crippen LogP contribution is -2.55. The number of hydrazine groups is 1. The molecule has 0 fully saturated rings. The van der Waals surface area contributed by atoms with E-state index in [-0.39, 0.29) is 31.1 Å². The van der Waals surface area contributed by atoms with Crippen LogP contribution in [0, 0.1) is 0 Å². The first kappa shape index (κ1) is 19.8. The van der Waals surface area contributed by atoms with Crippen molar-refractivity contribution >= 4 is 17.6 Å². The lowest BCUT2D eigenvalue weighted by atomic mass is 9.93. The number of hydrogen-bond donors (Lipinski definition) is 4. The molecular weight excluding hydrogens is 360 g/mol. The van der Waals surface area contributed by atoms with Gasteiger partial charge in [-0.15, -0.1) is 0 Å². The summed E-state index contributed by atoms with van der Waals surface area (Å²) in [6.45, 7) is 1.80. The molecule has 7 nitrogen and oxygen atoms in total. The number of phenols is 2. The maximum atomic E-state index is 12.4. The van der Waals surface area contributed by atoms with E-state index >= 15 is 0 Å². The number of halogens is 1. The van der Waals surface area contributed by atoms with Gasteiger partial charge in [0.1, 0.15) is 24.5 Å². The Labute approximate surface area is 156 Å². The standard InChI is InChI=1S/C18H21ClN2O5/c1-18(21-20,11-12-2-7-15(22)16(23)10-12)17(24)26-9-8-25-14-5-3-13(19)4-6-14/h2-7,10,21-23H,8-9,11,20H2,1H3. The summed E-state index contributed by atoms with van der Waals surface area (Å²) in [6.07, 6.45) is 0.161. The largest absolute Gasteiger partial charge is 0.504 e. The lowest BCUT2D eigenvalue weighted by Gasteiger charge is -2.26. The molecule has 2 aromatic rings. The Morgan fingerprint density at radius 1 is 1.15 bits per heavy atom. The monoisotopic (exact) mass is 380 g/mol. The molecule has 26 heavy (non-hydrogen) atoms. The lowest BCUT2D eigenvalue weighted by molar-refractivity contribution is -0.151. The van der Waals surface area contributed by atoms with Gasteiger partial charge in [0.2, 0.25) is 0 Å².